The Bertz CT molecular complexity index is 695. The van der Waals surface area contributed by atoms with Gasteiger partial charge in [0.1, 0.15) is 11.5 Å². The third-order valence-corrected chi connectivity index (χ3v) is 3.61. The molecular weight excluding hydrogens is 302 g/mol. The van der Waals surface area contributed by atoms with Crippen molar-refractivity contribution in [2.24, 2.45) is 5.92 Å². The molecule has 0 atom stereocenters. The molecule has 0 saturated heterocycles. The lowest BCUT2D eigenvalue weighted by Gasteiger charge is -2.12. The number of aryl methyl sites for hydroxylation is 1. The van der Waals surface area contributed by atoms with Gasteiger partial charge in [-0.2, -0.15) is 0 Å². The highest BCUT2D eigenvalue weighted by molar-refractivity contribution is 5.92. The molecule has 128 valence electrons. The highest BCUT2D eigenvalue weighted by Crippen LogP contribution is 2.21. The Morgan fingerprint density at radius 1 is 1.08 bits per heavy atom. The van der Waals surface area contributed by atoms with Crippen LogP contribution in [-0.2, 0) is 4.79 Å². The molecule has 2 aromatic carbocycles. The van der Waals surface area contributed by atoms with Crippen LogP contribution in [0.3, 0.4) is 0 Å². The molecule has 0 radical (unpaired) electrons. The summed E-state index contributed by atoms with van der Waals surface area (Å²) in [6.45, 7) is 8.81. The smallest absolute Gasteiger partial charge is 0.262 e. The SMILES string of the molecule is Cc1cccc(OCC(=O)Nc2cccc(OCC(C)C)c2)c1C. The number of hydrogen-bond acceptors (Lipinski definition) is 3. The summed E-state index contributed by atoms with van der Waals surface area (Å²) in [5.41, 5.74) is 2.89. The van der Waals surface area contributed by atoms with E-state index in [4.69, 9.17) is 9.47 Å². The number of ether oxygens (including phenoxy) is 2. The molecule has 0 saturated carbocycles. The first kappa shape index (κ1) is 17.9. The fourth-order valence-electron chi connectivity index (χ4n) is 2.15. The van der Waals surface area contributed by atoms with Gasteiger partial charge < -0.3 is 14.8 Å². The third-order valence-electron chi connectivity index (χ3n) is 3.61. The normalized spacial score (nSPS) is 10.5. The van der Waals surface area contributed by atoms with E-state index in [1.165, 1.54) is 0 Å². The van der Waals surface area contributed by atoms with Crippen molar-refractivity contribution in [1.82, 2.24) is 0 Å². The van der Waals surface area contributed by atoms with Crippen LogP contribution < -0.4 is 14.8 Å². The van der Waals surface area contributed by atoms with Gasteiger partial charge in [-0.25, -0.2) is 0 Å². The first-order chi connectivity index (χ1) is 11.5. The van der Waals surface area contributed by atoms with E-state index in [0.29, 0.717) is 18.2 Å². The molecule has 2 aromatic rings. The van der Waals surface area contributed by atoms with Gasteiger partial charge in [-0.1, -0.05) is 32.0 Å². The summed E-state index contributed by atoms with van der Waals surface area (Å²) < 4.78 is 11.3. The molecule has 0 spiro atoms. The minimum atomic E-state index is -0.197. The first-order valence-electron chi connectivity index (χ1n) is 8.17. The molecule has 0 aliphatic carbocycles. The van der Waals surface area contributed by atoms with Gasteiger partial charge in [0.15, 0.2) is 6.61 Å². The van der Waals surface area contributed by atoms with Crippen LogP contribution in [0.2, 0.25) is 0 Å². The number of benzene rings is 2. The van der Waals surface area contributed by atoms with E-state index in [-0.39, 0.29) is 12.5 Å². The summed E-state index contributed by atoms with van der Waals surface area (Å²) in [5, 5.41) is 2.83. The zero-order valence-electron chi connectivity index (χ0n) is 14.8. The number of rotatable bonds is 7. The van der Waals surface area contributed by atoms with Crippen molar-refractivity contribution in [1.29, 1.82) is 0 Å². The number of nitrogens with one attached hydrogen (secondary N) is 1. The zero-order chi connectivity index (χ0) is 17.5. The summed E-state index contributed by atoms with van der Waals surface area (Å²) in [6.07, 6.45) is 0. The van der Waals surface area contributed by atoms with Crippen LogP contribution in [-0.4, -0.2) is 19.1 Å². The predicted octanol–water partition coefficient (Wildman–Crippen LogP) is 4.36. The van der Waals surface area contributed by atoms with Crippen molar-refractivity contribution < 1.29 is 14.3 Å². The van der Waals surface area contributed by atoms with Gasteiger partial charge >= 0.3 is 0 Å². The van der Waals surface area contributed by atoms with Gasteiger partial charge in [0.2, 0.25) is 0 Å². The summed E-state index contributed by atoms with van der Waals surface area (Å²) in [5.74, 6) is 1.74. The Morgan fingerprint density at radius 3 is 2.58 bits per heavy atom. The van der Waals surface area contributed by atoms with Crippen LogP contribution in [0.4, 0.5) is 5.69 Å². The Labute approximate surface area is 143 Å². The molecule has 1 amide bonds. The molecular formula is C20H25NO3. The van der Waals surface area contributed by atoms with E-state index in [1.54, 1.807) is 0 Å². The number of amides is 1. The molecule has 2 rings (SSSR count). The summed E-state index contributed by atoms with van der Waals surface area (Å²) in [6, 6.07) is 13.2. The Balaban J connectivity index is 1.90. The van der Waals surface area contributed by atoms with Crippen molar-refractivity contribution in [3.05, 3.63) is 53.6 Å². The Hall–Kier alpha value is -2.49. The molecule has 0 fully saturated rings. The average molecular weight is 327 g/mol. The van der Waals surface area contributed by atoms with Gasteiger partial charge in [0, 0.05) is 11.8 Å². The zero-order valence-corrected chi connectivity index (χ0v) is 14.8. The fraction of sp³-hybridized carbons (Fsp3) is 0.350. The van der Waals surface area contributed by atoms with Crippen LogP contribution in [0.5, 0.6) is 11.5 Å². The maximum absolute atomic E-state index is 12.1. The van der Waals surface area contributed by atoms with Crippen molar-refractivity contribution in [3.8, 4) is 11.5 Å². The van der Waals surface area contributed by atoms with E-state index in [0.717, 1.165) is 22.6 Å². The fourth-order valence-corrected chi connectivity index (χ4v) is 2.15. The number of carbonyl (C=O) groups is 1. The van der Waals surface area contributed by atoms with Crippen LogP contribution in [0.1, 0.15) is 25.0 Å². The van der Waals surface area contributed by atoms with Gasteiger partial charge in [-0.15, -0.1) is 0 Å². The second-order valence-corrected chi connectivity index (χ2v) is 6.27. The topological polar surface area (TPSA) is 47.6 Å². The van der Waals surface area contributed by atoms with Crippen LogP contribution in [0, 0.1) is 19.8 Å². The standard InChI is InChI=1S/C20H25NO3/c1-14(2)12-23-18-9-6-8-17(11-18)21-20(22)13-24-19-10-5-7-15(3)16(19)4/h5-11,14H,12-13H2,1-4H3,(H,21,22). The van der Waals surface area contributed by atoms with Gasteiger partial charge in [-0.05, 0) is 49.1 Å². The van der Waals surface area contributed by atoms with E-state index >= 15 is 0 Å². The van der Waals surface area contributed by atoms with Crippen LogP contribution in [0.25, 0.3) is 0 Å². The molecule has 0 aliphatic rings. The van der Waals surface area contributed by atoms with E-state index < -0.39 is 0 Å². The molecule has 0 heterocycles. The van der Waals surface area contributed by atoms with Gasteiger partial charge in [0.05, 0.1) is 6.61 Å². The molecule has 4 heteroatoms. The quantitative estimate of drug-likeness (QED) is 0.822. The average Bonchev–Trinajstić information content (AvgIpc) is 2.55. The second kappa shape index (κ2) is 8.39. The van der Waals surface area contributed by atoms with Gasteiger partial charge in [0.25, 0.3) is 5.91 Å². The minimum Gasteiger partial charge on any atom is -0.493 e. The Kier molecular flexibility index (Phi) is 6.24. The largest absolute Gasteiger partial charge is 0.493 e. The van der Waals surface area contributed by atoms with Crippen LogP contribution >= 0.6 is 0 Å². The molecule has 4 nitrogen and oxygen atoms in total. The summed E-state index contributed by atoms with van der Waals surface area (Å²) in [4.78, 5) is 12.1. The molecule has 1 N–H and O–H groups in total. The molecule has 0 bridgehead atoms. The summed E-state index contributed by atoms with van der Waals surface area (Å²) >= 11 is 0. The van der Waals surface area contributed by atoms with Crippen molar-refractivity contribution in [2.75, 3.05) is 18.5 Å². The van der Waals surface area contributed by atoms with E-state index in [2.05, 4.69) is 19.2 Å². The highest BCUT2D eigenvalue weighted by atomic mass is 16.5. The first-order valence-corrected chi connectivity index (χ1v) is 8.17. The highest BCUT2D eigenvalue weighted by Gasteiger charge is 2.07. The van der Waals surface area contributed by atoms with E-state index in [9.17, 15) is 4.79 Å². The monoisotopic (exact) mass is 327 g/mol. The van der Waals surface area contributed by atoms with Gasteiger partial charge in [-0.3, -0.25) is 4.79 Å². The van der Waals surface area contributed by atoms with E-state index in [1.807, 2.05) is 56.3 Å². The van der Waals surface area contributed by atoms with Crippen molar-refractivity contribution in [3.63, 3.8) is 0 Å². The number of hydrogen-bond donors (Lipinski definition) is 1. The minimum absolute atomic E-state index is 0.0264. The molecule has 24 heavy (non-hydrogen) atoms. The molecule has 0 aromatic heterocycles. The Morgan fingerprint density at radius 2 is 1.83 bits per heavy atom. The predicted molar refractivity (Wildman–Crippen MR) is 96.8 cm³/mol. The lowest BCUT2D eigenvalue weighted by molar-refractivity contribution is -0.118. The number of carbonyl (C=O) groups excluding carboxylic acids is 1. The lowest BCUT2D eigenvalue weighted by atomic mass is 10.1. The summed E-state index contributed by atoms with van der Waals surface area (Å²) in [7, 11) is 0. The van der Waals surface area contributed by atoms with Crippen LogP contribution in [0.15, 0.2) is 42.5 Å². The third kappa shape index (κ3) is 5.30. The van der Waals surface area contributed by atoms with Crippen molar-refractivity contribution in [2.45, 2.75) is 27.7 Å². The van der Waals surface area contributed by atoms with Crippen molar-refractivity contribution >= 4 is 11.6 Å². The number of anilines is 1. The second-order valence-electron chi connectivity index (χ2n) is 6.27. The molecule has 0 aliphatic heterocycles. The lowest BCUT2D eigenvalue weighted by Crippen LogP contribution is -2.20. The molecule has 0 unspecified atom stereocenters. The maximum atomic E-state index is 12.1. The maximum Gasteiger partial charge on any atom is 0.262 e.